The van der Waals surface area contributed by atoms with Crippen LogP contribution in [0, 0.1) is 0 Å². The number of methoxy groups -OCH3 is 1. The van der Waals surface area contributed by atoms with Crippen LogP contribution in [0.15, 0.2) is 24.3 Å². The molecule has 1 unspecified atom stereocenters. The van der Waals surface area contributed by atoms with E-state index in [2.05, 4.69) is 0 Å². The fourth-order valence-electron chi connectivity index (χ4n) is 2.51. The van der Waals surface area contributed by atoms with Gasteiger partial charge in [0, 0.05) is 18.2 Å². The summed E-state index contributed by atoms with van der Waals surface area (Å²) in [6.07, 6.45) is 0.520. The molecule has 20 heavy (non-hydrogen) atoms. The number of hydrogen-bond acceptors (Lipinski definition) is 4. The number of benzene rings is 1. The van der Waals surface area contributed by atoms with Crippen LogP contribution >= 0.6 is 0 Å². The van der Waals surface area contributed by atoms with Crippen molar-refractivity contribution >= 4 is 15.7 Å². The first kappa shape index (κ1) is 14.8. The molecule has 1 aliphatic rings. The number of nitrogens with zero attached hydrogens (tertiary/aromatic N) is 1. The van der Waals surface area contributed by atoms with Crippen molar-refractivity contribution in [3.63, 3.8) is 0 Å². The summed E-state index contributed by atoms with van der Waals surface area (Å²) in [5, 5.41) is 0. The van der Waals surface area contributed by atoms with Crippen molar-refractivity contribution < 1.29 is 17.9 Å². The normalized spacial score (nSPS) is 20.6. The maximum absolute atomic E-state index is 12.5. The van der Waals surface area contributed by atoms with Crippen molar-refractivity contribution in [3.8, 4) is 5.75 Å². The summed E-state index contributed by atoms with van der Waals surface area (Å²) in [5.74, 6) is 0.704. The van der Waals surface area contributed by atoms with Crippen LogP contribution in [0.3, 0.4) is 0 Å². The number of hydrogen-bond donors (Lipinski definition) is 0. The second-order valence-electron chi connectivity index (χ2n) is 4.88. The Labute approximate surface area is 119 Å². The van der Waals surface area contributed by atoms with Crippen molar-refractivity contribution in [1.82, 2.24) is 4.90 Å². The molecule has 1 amide bonds. The van der Waals surface area contributed by atoms with Gasteiger partial charge in [0.25, 0.3) is 5.91 Å². The third-order valence-electron chi connectivity index (χ3n) is 3.57. The molecule has 1 aromatic carbocycles. The average molecular weight is 297 g/mol. The minimum absolute atomic E-state index is 0.0660. The number of carbonyl (C=O) groups excluding carboxylic acids is 1. The number of sulfone groups is 1. The van der Waals surface area contributed by atoms with E-state index in [0.717, 1.165) is 0 Å². The van der Waals surface area contributed by atoms with Crippen LogP contribution in [0.4, 0.5) is 0 Å². The van der Waals surface area contributed by atoms with Crippen LogP contribution in [-0.2, 0) is 9.84 Å². The second-order valence-corrected chi connectivity index (χ2v) is 7.11. The van der Waals surface area contributed by atoms with Crippen LogP contribution in [0.1, 0.15) is 23.7 Å². The highest BCUT2D eigenvalue weighted by Gasteiger charge is 2.34. The molecule has 1 aliphatic heterocycles. The van der Waals surface area contributed by atoms with Gasteiger partial charge in [0.05, 0.1) is 18.6 Å². The summed E-state index contributed by atoms with van der Waals surface area (Å²) in [6, 6.07) is 6.70. The summed E-state index contributed by atoms with van der Waals surface area (Å²) in [6.45, 7) is 2.36. The Morgan fingerprint density at radius 2 is 2.20 bits per heavy atom. The van der Waals surface area contributed by atoms with Gasteiger partial charge in [-0.05, 0) is 31.5 Å². The maximum atomic E-state index is 12.5. The van der Waals surface area contributed by atoms with E-state index in [1.165, 1.54) is 0 Å². The lowest BCUT2D eigenvalue weighted by Crippen LogP contribution is -2.40. The Morgan fingerprint density at radius 1 is 1.45 bits per heavy atom. The SMILES string of the molecule is CCN(C(=O)c1cccc(OC)c1)C1CCS(=O)(=O)C1. The highest BCUT2D eigenvalue weighted by molar-refractivity contribution is 7.91. The molecule has 0 radical (unpaired) electrons. The predicted molar refractivity (Wildman–Crippen MR) is 76.8 cm³/mol. The zero-order chi connectivity index (χ0) is 14.8. The first-order chi connectivity index (χ1) is 9.46. The average Bonchev–Trinajstić information content (AvgIpc) is 2.79. The molecule has 0 aliphatic carbocycles. The first-order valence-corrected chi connectivity index (χ1v) is 8.44. The smallest absolute Gasteiger partial charge is 0.254 e. The molecule has 6 heteroatoms. The summed E-state index contributed by atoms with van der Waals surface area (Å²) in [5.41, 5.74) is 0.524. The van der Waals surface area contributed by atoms with E-state index in [-0.39, 0.29) is 23.5 Å². The zero-order valence-electron chi connectivity index (χ0n) is 11.7. The summed E-state index contributed by atoms with van der Waals surface area (Å²) < 4.78 is 28.2. The Bertz CT molecular complexity index is 597. The fraction of sp³-hybridized carbons (Fsp3) is 0.500. The highest BCUT2D eigenvalue weighted by atomic mass is 32.2. The highest BCUT2D eigenvalue weighted by Crippen LogP contribution is 2.21. The quantitative estimate of drug-likeness (QED) is 0.841. The Kier molecular flexibility index (Phi) is 4.32. The van der Waals surface area contributed by atoms with Crippen molar-refractivity contribution in [2.45, 2.75) is 19.4 Å². The van der Waals surface area contributed by atoms with E-state index < -0.39 is 9.84 Å². The van der Waals surface area contributed by atoms with Gasteiger partial charge in [-0.15, -0.1) is 0 Å². The van der Waals surface area contributed by atoms with Gasteiger partial charge in [0.2, 0.25) is 0 Å². The molecule has 1 heterocycles. The number of ether oxygens (including phenoxy) is 1. The van der Waals surface area contributed by atoms with Gasteiger partial charge in [-0.1, -0.05) is 6.07 Å². The molecule has 0 bridgehead atoms. The summed E-state index contributed by atoms with van der Waals surface area (Å²) in [7, 11) is -1.45. The standard InChI is InChI=1S/C14H19NO4S/c1-3-15(12-7-8-20(17,18)10-12)14(16)11-5-4-6-13(9-11)19-2/h4-6,9,12H,3,7-8,10H2,1-2H3. The maximum Gasteiger partial charge on any atom is 0.254 e. The van der Waals surface area contributed by atoms with Gasteiger partial charge >= 0.3 is 0 Å². The van der Waals surface area contributed by atoms with E-state index in [1.807, 2.05) is 6.92 Å². The molecule has 2 rings (SSSR count). The third kappa shape index (κ3) is 3.12. The van der Waals surface area contributed by atoms with Crippen molar-refractivity contribution in [2.75, 3.05) is 25.2 Å². The van der Waals surface area contributed by atoms with E-state index in [9.17, 15) is 13.2 Å². The predicted octanol–water partition coefficient (Wildman–Crippen LogP) is 1.34. The van der Waals surface area contributed by atoms with Crippen molar-refractivity contribution in [1.29, 1.82) is 0 Å². The van der Waals surface area contributed by atoms with Crippen LogP contribution in [0.25, 0.3) is 0 Å². The van der Waals surface area contributed by atoms with E-state index in [1.54, 1.807) is 36.3 Å². The van der Waals surface area contributed by atoms with Crippen LogP contribution < -0.4 is 4.74 Å². The van der Waals surface area contributed by atoms with Crippen molar-refractivity contribution in [3.05, 3.63) is 29.8 Å². The van der Waals surface area contributed by atoms with Crippen LogP contribution in [-0.4, -0.2) is 50.4 Å². The number of rotatable bonds is 4. The summed E-state index contributed by atoms with van der Waals surface area (Å²) >= 11 is 0. The van der Waals surface area contributed by atoms with Gasteiger partial charge in [-0.3, -0.25) is 4.79 Å². The molecule has 1 atom stereocenters. The molecule has 0 saturated carbocycles. The molecule has 110 valence electrons. The fourth-order valence-corrected chi connectivity index (χ4v) is 4.24. The molecular weight excluding hydrogens is 278 g/mol. The molecule has 1 fully saturated rings. The minimum atomic E-state index is -3.00. The third-order valence-corrected chi connectivity index (χ3v) is 5.32. The van der Waals surface area contributed by atoms with E-state index in [4.69, 9.17) is 4.74 Å². The minimum Gasteiger partial charge on any atom is -0.497 e. The van der Waals surface area contributed by atoms with E-state index in [0.29, 0.717) is 24.3 Å². The molecular formula is C14H19NO4S. The molecule has 1 aromatic rings. The second kappa shape index (κ2) is 5.83. The van der Waals surface area contributed by atoms with E-state index >= 15 is 0 Å². The Hall–Kier alpha value is -1.56. The first-order valence-electron chi connectivity index (χ1n) is 6.62. The van der Waals surface area contributed by atoms with Gasteiger partial charge in [0.15, 0.2) is 9.84 Å². The number of carbonyl (C=O) groups is 1. The van der Waals surface area contributed by atoms with Gasteiger partial charge in [0.1, 0.15) is 5.75 Å². The van der Waals surface area contributed by atoms with Gasteiger partial charge in [-0.25, -0.2) is 8.42 Å². The largest absolute Gasteiger partial charge is 0.497 e. The lowest BCUT2D eigenvalue weighted by Gasteiger charge is -2.27. The molecule has 1 saturated heterocycles. The molecule has 0 spiro atoms. The molecule has 5 nitrogen and oxygen atoms in total. The lowest BCUT2D eigenvalue weighted by atomic mass is 10.1. The number of amides is 1. The lowest BCUT2D eigenvalue weighted by molar-refractivity contribution is 0.0708. The Balaban J connectivity index is 2.21. The summed E-state index contributed by atoms with van der Waals surface area (Å²) in [4.78, 5) is 14.2. The topological polar surface area (TPSA) is 63.7 Å². The van der Waals surface area contributed by atoms with Crippen molar-refractivity contribution in [2.24, 2.45) is 0 Å². The van der Waals surface area contributed by atoms with Crippen LogP contribution in [0.2, 0.25) is 0 Å². The van der Waals surface area contributed by atoms with Gasteiger partial charge < -0.3 is 9.64 Å². The Morgan fingerprint density at radius 3 is 2.75 bits per heavy atom. The molecule has 0 N–H and O–H groups in total. The monoisotopic (exact) mass is 297 g/mol. The van der Waals surface area contributed by atoms with Gasteiger partial charge in [-0.2, -0.15) is 0 Å². The van der Waals surface area contributed by atoms with Crippen LogP contribution in [0.5, 0.6) is 5.75 Å². The molecule has 0 aromatic heterocycles. The zero-order valence-corrected chi connectivity index (χ0v) is 12.5.